The Balaban J connectivity index is 2.10. The molecule has 1 aliphatic heterocycles. The van der Waals surface area contributed by atoms with Crippen LogP contribution in [0.1, 0.15) is 38.3 Å². The molecule has 90 valence electrons. The van der Waals surface area contributed by atoms with Crippen molar-refractivity contribution in [3.63, 3.8) is 0 Å². The number of nitrogens with two attached hydrogens (primary N) is 1. The normalized spacial score (nSPS) is 23.2. The number of nitrogens with zero attached hydrogens (tertiary/aromatic N) is 1. The third-order valence-electron chi connectivity index (χ3n) is 3.52. The summed E-state index contributed by atoms with van der Waals surface area (Å²) in [6.07, 6.45) is 6.12. The first-order valence-electron chi connectivity index (χ1n) is 6.09. The number of furan rings is 1. The summed E-state index contributed by atoms with van der Waals surface area (Å²) in [6.45, 7) is 7.61. The smallest absolute Gasteiger partial charge is 0.0950 e. The van der Waals surface area contributed by atoms with Crippen molar-refractivity contribution in [3.05, 3.63) is 24.2 Å². The fraction of sp³-hybridized carbons (Fsp3) is 0.692. The standard InChI is InChI=1S/C13H22N2O/c1-13(2)5-3-6-15(10-13)12(8-14)11-4-7-16-9-11/h4,7,9,12H,3,5-6,8,10,14H2,1-2H3. The molecule has 0 saturated carbocycles. The predicted octanol–water partition coefficient (Wildman–Crippen LogP) is 2.40. The minimum atomic E-state index is 0.318. The summed E-state index contributed by atoms with van der Waals surface area (Å²) in [5.74, 6) is 0. The molecular formula is C13H22N2O. The molecule has 2 heterocycles. The highest BCUT2D eigenvalue weighted by Gasteiger charge is 2.30. The van der Waals surface area contributed by atoms with Crippen molar-refractivity contribution in [1.82, 2.24) is 4.90 Å². The molecule has 1 atom stereocenters. The van der Waals surface area contributed by atoms with Gasteiger partial charge in [-0.2, -0.15) is 0 Å². The van der Waals surface area contributed by atoms with E-state index >= 15 is 0 Å². The van der Waals surface area contributed by atoms with Gasteiger partial charge in [0.15, 0.2) is 0 Å². The van der Waals surface area contributed by atoms with Crippen LogP contribution in [0.15, 0.2) is 23.0 Å². The van der Waals surface area contributed by atoms with Gasteiger partial charge in [-0.15, -0.1) is 0 Å². The van der Waals surface area contributed by atoms with E-state index in [2.05, 4.69) is 18.7 Å². The van der Waals surface area contributed by atoms with Gasteiger partial charge in [0.25, 0.3) is 0 Å². The summed E-state index contributed by atoms with van der Waals surface area (Å²) in [4.78, 5) is 2.49. The van der Waals surface area contributed by atoms with E-state index in [-0.39, 0.29) is 0 Å². The number of hydrogen-bond acceptors (Lipinski definition) is 3. The minimum absolute atomic E-state index is 0.318. The van der Waals surface area contributed by atoms with Crippen molar-refractivity contribution in [3.8, 4) is 0 Å². The van der Waals surface area contributed by atoms with Crippen LogP contribution in [0.5, 0.6) is 0 Å². The van der Waals surface area contributed by atoms with Crippen molar-refractivity contribution in [2.24, 2.45) is 11.1 Å². The molecule has 3 nitrogen and oxygen atoms in total. The lowest BCUT2D eigenvalue weighted by Gasteiger charge is -2.41. The van der Waals surface area contributed by atoms with Crippen molar-refractivity contribution in [1.29, 1.82) is 0 Å². The highest BCUT2D eigenvalue weighted by atomic mass is 16.3. The van der Waals surface area contributed by atoms with Gasteiger partial charge in [-0.05, 0) is 30.9 Å². The fourth-order valence-corrected chi connectivity index (χ4v) is 2.70. The van der Waals surface area contributed by atoms with Crippen LogP contribution in [0.25, 0.3) is 0 Å². The third kappa shape index (κ3) is 2.47. The third-order valence-corrected chi connectivity index (χ3v) is 3.52. The maximum atomic E-state index is 5.90. The molecule has 0 spiro atoms. The van der Waals surface area contributed by atoms with Crippen molar-refractivity contribution in [2.45, 2.75) is 32.7 Å². The van der Waals surface area contributed by atoms with Crippen molar-refractivity contribution in [2.75, 3.05) is 19.6 Å². The van der Waals surface area contributed by atoms with Gasteiger partial charge in [-0.25, -0.2) is 0 Å². The molecule has 0 radical (unpaired) electrons. The van der Waals surface area contributed by atoms with Crippen LogP contribution >= 0.6 is 0 Å². The minimum Gasteiger partial charge on any atom is -0.472 e. The second-order valence-electron chi connectivity index (χ2n) is 5.55. The second-order valence-corrected chi connectivity index (χ2v) is 5.55. The second kappa shape index (κ2) is 4.60. The van der Waals surface area contributed by atoms with E-state index in [0.717, 1.165) is 13.1 Å². The predicted molar refractivity (Wildman–Crippen MR) is 65.1 cm³/mol. The van der Waals surface area contributed by atoms with E-state index in [9.17, 15) is 0 Å². The average Bonchev–Trinajstić information content (AvgIpc) is 2.71. The lowest BCUT2D eigenvalue weighted by molar-refractivity contribution is 0.0804. The molecule has 0 aromatic carbocycles. The van der Waals surface area contributed by atoms with Gasteiger partial charge in [0.05, 0.1) is 18.6 Å². The van der Waals surface area contributed by atoms with E-state index in [1.807, 2.05) is 12.3 Å². The van der Waals surface area contributed by atoms with Crippen LogP contribution < -0.4 is 5.73 Å². The molecular weight excluding hydrogens is 200 g/mol. The Bertz CT molecular complexity index is 319. The van der Waals surface area contributed by atoms with Crippen LogP contribution in [0.3, 0.4) is 0 Å². The quantitative estimate of drug-likeness (QED) is 0.854. The Morgan fingerprint density at radius 1 is 1.56 bits per heavy atom. The summed E-state index contributed by atoms with van der Waals surface area (Å²) in [6, 6.07) is 2.34. The molecule has 2 rings (SSSR count). The molecule has 16 heavy (non-hydrogen) atoms. The number of rotatable bonds is 3. The van der Waals surface area contributed by atoms with E-state index in [0.29, 0.717) is 18.0 Å². The largest absolute Gasteiger partial charge is 0.472 e. The first kappa shape index (κ1) is 11.7. The summed E-state index contributed by atoms with van der Waals surface area (Å²) < 4.78 is 5.16. The summed E-state index contributed by atoms with van der Waals surface area (Å²) in [7, 11) is 0. The van der Waals surface area contributed by atoms with E-state index in [1.54, 1.807) is 6.26 Å². The zero-order valence-corrected chi connectivity index (χ0v) is 10.3. The van der Waals surface area contributed by atoms with E-state index in [1.165, 1.54) is 18.4 Å². The molecule has 1 fully saturated rings. The Hall–Kier alpha value is -0.800. The molecule has 0 amide bonds. The molecule has 1 aliphatic rings. The van der Waals surface area contributed by atoms with Gasteiger partial charge in [0, 0.05) is 18.7 Å². The molecule has 1 aromatic heterocycles. The van der Waals surface area contributed by atoms with Crippen LogP contribution in [-0.4, -0.2) is 24.5 Å². The number of likely N-dealkylation sites (tertiary alicyclic amines) is 1. The lowest BCUT2D eigenvalue weighted by Crippen LogP contribution is -2.44. The van der Waals surface area contributed by atoms with E-state index in [4.69, 9.17) is 10.2 Å². The summed E-state index contributed by atoms with van der Waals surface area (Å²) >= 11 is 0. The Labute approximate surface area is 97.6 Å². The topological polar surface area (TPSA) is 42.4 Å². The van der Waals surface area contributed by atoms with Gasteiger partial charge < -0.3 is 10.2 Å². The van der Waals surface area contributed by atoms with Crippen molar-refractivity contribution >= 4 is 0 Å². The molecule has 1 unspecified atom stereocenters. The molecule has 2 N–H and O–H groups in total. The van der Waals surface area contributed by atoms with Gasteiger partial charge in [0.1, 0.15) is 0 Å². The van der Waals surface area contributed by atoms with Crippen LogP contribution in [-0.2, 0) is 0 Å². The summed E-state index contributed by atoms with van der Waals surface area (Å²) in [5.41, 5.74) is 7.52. The summed E-state index contributed by atoms with van der Waals surface area (Å²) in [5, 5.41) is 0. The first-order valence-corrected chi connectivity index (χ1v) is 6.09. The van der Waals surface area contributed by atoms with Gasteiger partial charge in [-0.3, -0.25) is 4.90 Å². The Morgan fingerprint density at radius 3 is 2.94 bits per heavy atom. The highest BCUT2D eigenvalue weighted by Crippen LogP contribution is 2.33. The monoisotopic (exact) mass is 222 g/mol. The highest BCUT2D eigenvalue weighted by molar-refractivity contribution is 5.12. The van der Waals surface area contributed by atoms with Crippen LogP contribution in [0.4, 0.5) is 0 Å². The molecule has 3 heteroatoms. The first-order chi connectivity index (χ1) is 7.62. The Kier molecular flexibility index (Phi) is 3.36. The number of piperidine rings is 1. The molecule has 0 aliphatic carbocycles. The molecule has 1 saturated heterocycles. The maximum absolute atomic E-state index is 5.90. The van der Waals surface area contributed by atoms with Crippen LogP contribution in [0.2, 0.25) is 0 Å². The zero-order valence-electron chi connectivity index (χ0n) is 10.3. The molecule has 0 bridgehead atoms. The van der Waals surface area contributed by atoms with Gasteiger partial charge in [-0.1, -0.05) is 13.8 Å². The zero-order chi connectivity index (χ0) is 11.6. The van der Waals surface area contributed by atoms with Crippen molar-refractivity contribution < 1.29 is 4.42 Å². The maximum Gasteiger partial charge on any atom is 0.0950 e. The SMILES string of the molecule is CC1(C)CCCN(C(CN)c2ccoc2)C1. The molecule has 1 aromatic rings. The van der Waals surface area contributed by atoms with Crippen LogP contribution in [0, 0.1) is 5.41 Å². The van der Waals surface area contributed by atoms with E-state index < -0.39 is 0 Å². The lowest BCUT2D eigenvalue weighted by atomic mass is 9.83. The fourth-order valence-electron chi connectivity index (χ4n) is 2.70. The number of hydrogen-bond donors (Lipinski definition) is 1. The average molecular weight is 222 g/mol. The van der Waals surface area contributed by atoms with Gasteiger partial charge >= 0.3 is 0 Å². The Morgan fingerprint density at radius 2 is 2.38 bits per heavy atom. The van der Waals surface area contributed by atoms with Gasteiger partial charge in [0.2, 0.25) is 0 Å².